The summed E-state index contributed by atoms with van der Waals surface area (Å²) in [5.41, 5.74) is 2.68. The third-order valence-corrected chi connectivity index (χ3v) is 6.78. The molecule has 3 rings (SSSR count). The van der Waals surface area contributed by atoms with E-state index in [9.17, 15) is 0 Å². The van der Waals surface area contributed by atoms with Gasteiger partial charge in [-0.15, -0.1) is 22.7 Å². The number of hydrogen-bond donors (Lipinski definition) is 1. The van der Waals surface area contributed by atoms with Crippen molar-refractivity contribution in [1.82, 2.24) is 5.32 Å². The largest absolute Gasteiger partial charge is 0.306 e. The van der Waals surface area contributed by atoms with Gasteiger partial charge >= 0.3 is 0 Å². The first-order valence-corrected chi connectivity index (χ1v) is 10.1. The lowest BCUT2D eigenvalue weighted by atomic mass is 10.0. The zero-order valence-corrected chi connectivity index (χ0v) is 16.3. The van der Waals surface area contributed by atoms with E-state index < -0.39 is 0 Å². The average Bonchev–Trinajstić information content (AvgIpc) is 3.04. The van der Waals surface area contributed by atoms with Crippen LogP contribution in [0.4, 0.5) is 0 Å². The number of hydrogen-bond acceptors (Lipinski definition) is 3. The van der Waals surface area contributed by atoms with Crippen molar-refractivity contribution in [2.75, 3.05) is 6.54 Å². The van der Waals surface area contributed by atoms with E-state index in [1.165, 1.54) is 25.0 Å². The van der Waals surface area contributed by atoms with Crippen molar-refractivity contribution < 1.29 is 0 Å². The van der Waals surface area contributed by atoms with Gasteiger partial charge in [-0.3, -0.25) is 0 Å². The molecule has 2 aromatic heterocycles. The zero-order valence-electron chi connectivity index (χ0n) is 11.5. The molecule has 0 aliphatic heterocycles. The normalized spacial score (nSPS) is 12.9. The summed E-state index contributed by atoms with van der Waals surface area (Å²) in [7, 11) is 0. The molecular weight excluding hydrogens is 430 g/mol. The summed E-state index contributed by atoms with van der Waals surface area (Å²) in [4.78, 5) is 0. The van der Waals surface area contributed by atoms with Crippen molar-refractivity contribution in [3.8, 4) is 0 Å². The van der Waals surface area contributed by atoms with Crippen LogP contribution in [-0.2, 0) is 0 Å². The molecule has 2 heterocycles. The van der Waals surface area contributed by atoms with Crippen LogP contribution in [0.1, 0.15) is 30.5 Å². The molecule has 0 fully saturated rings. The molecule has 3 aromatic rings. The molecule has 0 aliphatic carbocycles. The van der Waals surface area contributed by atoms with Gasteiger partial charge in [-0.2, -0.15) is 0 Å². The minimum absolute atomic E-state index is 0.234. The Morgan fingerprint density at radius 2 is 2.00 bits per heavy atom. The Balaban J connectivity index is 2.09. The topological polar surface area (TPSA) is 12.0 Å². The predicted molar refractivity (Wildman–Crippen MR) is 102 cm³/mol. The summed E-state index contributed by atoms with van der Waals surface area (Å²) < 4.78 is 3.70. The van der Waals surface area contributed by atoms with Crippen molar-refractivity contribution in [3.63, 3.8) is 0 Å². The minimum Gasteiger partial charge on any atom is -0.306 e. The standard InChI is InChI=1S/C16H15Br2NS2/c1-2-7-19-15(11-8-14(17)21-16(11)18)12-9-20-13-6-4-3-5-10(12)13/h3-6,8-9,15,19H,2,7H2,1H3. The van der Waals surface area contributed by atoms with Gasteiger partial charge in [0.1, 0.15) is 0 Å². The number of rotatable bonds is 5. The van der Waals surface area contributed by atoms with Gasteiger partial charge in [0.15, 0.2) is 0 Å². The fraction of sp³-hybridized carbons (Fsp3) is 0.250. The predicted octanol–water partition coefficient (Wildman–Crippen LogP) is 6.58. The first-order valence-electron chi connectivity index (χ1n) is 6.85. The van der Waals surface area contributed by atoms with E-state index in [0.29, 0.717) is 0 Å². The first kappa shape index (κ1) is 15.7. The Morgan fingerprint density at radius 1 is 1.19 bits per heavy atom. The maximum Gasteiger partial charge on any atom is 0.0761 e. The van der Waals surface area contributed by atoms with Crippen molar-refractivity contribution >= 4 is 64.6 Å². The smallest absolute Gasteiger partial charge is 0.0761 e. The Bertz CT molecular complexity index is 748. The van der Waals surface area contributed by atoms with Crippen LogP contribution in [0, 0.1) is 0 Å². The molecular formula is C16H15Br2NS2. The lowest BCUT2D eigenvalue weighted by Gasteiger charge is -2.18. The van der Waals surface area contributed by atoms with Gasteiger partial charge in [-0.25, -0.2) is 0 Å². The summed E-state index contributed by atoms with van der Waals surface area (Å²) in [5, 5.41) is 7.34. The van der Waals surface area contributed by atoms with E-state index in [1.54, 1.807) is 11.3 Å². The number of halogens is 2. The highest BCUT2D eigenvalue weighted by molar-refractivity contribution is 9.12. The minimum atomic E-state index is 0.234. The van der Waals surface area contributed by atoms with Crippen molar-refractivity contribution in [2.45, 2.75) is 19.4 Å². The Labute approximate surface area is 149 Å². The highest BCUT2D eigenvalue weighted by atomic mass is 79.9. The summed E-state index contributed by atoms with van der Waals surface area (Å²) in [6.07, 6.45) is 1.13. The second-order valence-corrected chi connectivity index (χ2v) is 9.51. The van der Waals surface area contributed by atoms with E-state index in [0.717, 1.165) is 16.8 Å². The van der Waals surface area contributed by atoms with Crippen LogP contribution in [0.25, 0.3) is 10.1 Å². The van der Waals surface area contributed by atoms with E-state index in [1.807, 2.05) is 11.3 Å². The SMILES string of the molecule is CCCNC(c1cc(Br)sc1Br)c1csc2ccccc12. The summed E-state index contributed by atoms with van der Waals surface area (Å²) in [6, 6.07) is 11.1. The molecule has 0 spiro atoms. The average molecular weight is 445 g/mol. The van der Waals surface area contributed by atoms with Crippen molar-refractivity contribution in [3.05, 3.63) is 54.4 Å². The van der Waals surface area contributed by atoms with Crippen LogP contribution in [-0.4, -0.2) is 6.54 Å². The highest BCUT2D eigenvalue weighted by Crippen LogP contribution is 2.41. The number of benzene rings is 1. The van der Waals surface area contributed by atoms with Crippen LogP contribution >= 0.6 is 54.5 Å². The first-order chi connectivity index (χ1) is 10.2. The van der Waals surface area contributed by atoms with Crippen LogP contribution in [0.3, 0.4) is 0 Å². The molecule has 0 saturated carbocycles. The highest BCUT2D eigenvalue weighted by Gasteiger charge is 2.21. The molecule has 1 atom stereocenters. The molecule has 1 N–H and O–H groups in total. The molecule has 110 valence electrons. The van der Waals surface area contributed by atoms with Gasteiger partial charge in [-0.05, 0) is 78.9 Å². The van der Waals surface area contributed by atoms with Crippen LogP contribution in [0.2, 0.25) is 0 Å². The van der Waals surface area contributed by atoms with Crippen molar-refractivity contribution in [1.29, 1.82) is 0 Å². The Hall–Kier alpha value is -0.200. The van der Waals surface area contributed by atoms with Crippen LogP contribution < -0.4 is 5.32 Å². The lowest BCUT2D eigenvalue weighted by Crippen LogP contribution is -2.22. The molecule has 0 radical (unpaired) electrons. The zero-order chi connectivity index (χ0) is 14.8. The second kappa shape index (κ2) is 6.92. The van der Waals surface area contributed by atoms with Crippen LogP contribution in [0.15, 0.2) is 43.3 Å². The van der Waals surface area contributed by atoms with Gasteiger partial charge in [0.2, 0.25) is 0 Å². The molecule has 21 heavy (non-hydrogen) atoms. The van der Waals surface area contributed by atoms with Gasteiger partial charge in [-0.1, -0.05) is 25.1 Å². The molecule has 5 heteroatoms. The summed E-state index contributed by atoms with van der Waals surface area (Å²) in [5.74, 6) is 0. The Morgan fingerprint density at radius 3 is 2.71 bits per heavy atom. The van der Waals surface area contributed by atoms with E-state index in [-0.39, 0.29) is 6.04 Å². The van der Waals surface area contributed by atoms with Crippen molar-refractivity contribution in [2.24, 2.45) is 0 Å². The van der Waals surface area contributed by atoms with Gasteiger partial charge in [0.05, 0.1) is 13.6 Å². The number of fused-ring (bicyclic) bond motifs is 1. The molecule has 1 nitrogen and oxygen atoms in total. The third-order valence-electron chi connectivity index (χ3n) is 3.41. The third kappa shape index (κ3) is 3.27. The molecule has 0 bridgehead atoms. The van der Waals surface area contributed by atoms with Gasteiger partial charge in [0.25, 0.3) is 0 Å². The van der Waals surface area contributed by atoms with Gasteiger partial charge < -0.3 is 5.32 Å². The fourth-order valence-electron chi connectivity index (χ4n) is 2.45. The molecule has 1 aromatic carbocycles. The van der Waals surface area contributed by atoms with Crippen LogP contribution in [0.5, 0.6) is 0 Å². The molecule has 0 aliphatic rings. The Kier molecular flexibility index (Phi) is 5.17. The molecule has 1 unspecified atom stereocenters. The van der Waals surface area contributed by atoms with Gasteiger partial charge in [0, 0.05) is 4.70 Å². The number of nitrogens with one attached hydrogen (secondary N) is 1. The summed E-state index contributed by atoms with van der Waals surface area (Å²) >= 11 is 10.9. The summed E-state index contributed by atoms with van der Waals surface area (Å²) in [6.45, 7) is 3.21. The van der Waals surface area contributed by atoms with E-state index in [2.05, 4.69) is 79.8 Å². The lowest BCUT2D eigenvalue weighted by molar-refractivity contribution is 0.602. The quantitative estimate of drug-likeness (QED) is 0.468. The second-order valence-electron chi connectivity index (χ2n) is 4.85. The van der Waals surface area contributed by atoms with E-state index in [4.69, 9.17) is 0 Å². The molecule has 0 saturated heterocycles. The monoisotopic (exact) mass is 443 g/mol. The van der Waals surface area contributed by atoms with E-state index >= 15 is 0 Å². The fourth-order valence-corrected chi connectivity index (χ4v) is 6.34. The number of thiophene rings is 2. The molecule has 0 amide bonds. The maximum atomic E-state index is 3.71. The maximum absolute atomic E-state index is 3.71.